The third-order valence-corrected chi connectivity index (χ3v) is 5.27. The van der Waals surface area contributed by atoms with Crippen molar-refractivity contribution in [3.63, 3.8) is 0 Å². The van der Waals surface area contributed by atoms with E-state index in [0.29, 0.717) is 6.61 Å². The minimum Gasteiger partial charge on any atom is -0.497 e. The van der Waals surface area contributed by atoms with Gasteiger partial charge in [-0.3, -0.25) is 4.90 Å². The molecule has 5 nitrogen and oxygen atoms in total. The molecule has 3 rings (SSSR count). The standard InChI is InChI=1S/C23H31NO4.HI/c1-15(2)28-19-10-8-9-18(22-24(5)23(3,4)14-27-22)21(19)17-12-11-16(25-6)13-20(17)26-7;/h8-13,15,22H,14H2,1-7H3;1H. The molecule has 2 aromatic rings. The molecule has 0 aliphatic carbocycles. The van der Waals surface area contributed by atoms with Crippen LogP contribution in [0.15, 0.2) is 36.4 Å². The van der Waals surface area contributed by atoms with Crippen molar-refractivity contribution in [3.8, 4) is 28.4 Å². The molecule has 1 atom stereocenters. The van der Waals surface area contributed by atoms with Crippen LogP contribution in [0.3, 0.4) is 0 Å². The number of ether oxygens (including phenoxy) is 4. The van der Waals surface area contributed by atoms with Crippen LogP contribution in [0.2, 0.25) is 0 Å². The van der Waals surface area contributed by atoms with Crippen molar-refractivity contribution in [2.45, 2.75) is 45.6 Å². The summed E-state index contributed by atoms with van der Waals surface area (Å²) in [6.45, 7) is 9.11. The highest BCUT2D eigenvalue weighted by molar-refractivity contribution is 14.0. The number of halogens is 1. The number of benzene rings is 2. The summed E-state index contributed by atoms with van der Waals surface area (Å²) in [5.41, 5.74) is 2.97. The number of rotatable bonds is 6. The van der Waals surface area contributed by atoms with E-state index < -0.39 is 0 Å². The zero-order valence-corrected chi connectivity index (χ0v) is 20.6. The molecule has 0 aromatic heterocycles. The lowest BCUT2D eigenvalue weighted by atomic mass is 9.95. The average Bonchev–Trinajstić information content (AvgIpc) is 2.93. The first-order chi connectivity index (χ1) is 13.3. The molecule has 1 heterocycles. The van der Waals surface area contributed by atoms with Gasteiger partial charge in [-0.15, -0.1) is 24.0 Å². The van der Waals surface area contributed by atoms with Gasteiger partial charge in [-0.25, -0.2) is 0 Å². The molecular formula is C23H32INO4. The van der Waals surface area contributed by atoms with Crippen molar-refractivity contribution in [1.82, 2.24) is 4.90 Å². The molecule has 1 aliphatic rings. The van der Waals surface area contributed by atoms with Crippen molar-refractivity contribution < 1.29 is 18.9 Å². The molecule has 0 saturated carbocycles. The Morgan fingerprint density at radius 2 is 1.79 bits per heavy atom. The van der Waals surface area contributed by atoms with E-state index in [-0.39, 0.29) is 41.8 Å². The van der Waals surface area contributed by atoms with E-state index in [1.54, 1.807) is 14.2 Å². The highest BCUT2D eigenvalue weighted by Crippen LogP contribution is 2.46. The second kappa shape index (κ2) is 9.53. The van der Waals surface area contributed by atoms with Gasteiger partial charge in [-0.05, 0) is 52.9 Å². The molecule has 1 fully saturated rings. The zero-order chi connectivity index (χ0) is 20.5. The fourth-order valence-corrected chi connectivity index (χ4v) is 3.51. The first-order valence-electron chi connectivity index (χ1n) is 9.65. The van der Waals surface area contributed by atoms with Gasteiger partial charge in [-0.1, -0.05) is 12.1 Å². The summed E-state index contributed by atoms with van der Waals surface area (Å²) in [5, 5.41) is 0. The normalized spacial score (nSPS) is 18.4. The molecule has 6 heteroatoms. The largest absolute Gasteiger partial charge is 0.497 e. The Kier molecular flexibility index (Phi) is 7.81. The number of nitrogens with zero attached hydrogens (tertiary/aromatic N) is 1. The van der Waals surface area contributed by atoms with Gasteiger partial charge < -0.3 is 18.9 Å². The molecule has 0 N–H and O–H groups in total. The zero-order valence-electron chi connectivity index (χ0n) is 18.3. The van der Waals surface area contributed by atoms with Crippen LogP contribution in [0.25, 0.3) is 11.1 Å². The maximum Gasteiger partial charge on any atom is 0.137 e. The predicted octanol–water partition coefficient (Wildman–Crippen LogP) is 5.52. The summed E-state index contributed by atoms with van der Waals surface area (Å²) in [5.74, 6) is 2.30. The maximum atomic E-state index is 6.21. The van der Waals surface area contributed by atoms with Crippen LogP contribution in [0.1, 0.15) is 39.5 Å². The SMILES string of the molecule is COc1ccc(-c2c(OC(C)C)cccc2C2OCC(C)(C)N2C)c(OC)c1.I. The van der Waals surface area contributed by atoms with Crippen molar-refractivity contribution in [3.05, 3.63) is 42.0 Å². The van der Waals surface area contributed by atoms with E-state index in [2.05, 4.69) is 31.9 Å². The van der Waals surface area contributed by atoms with Gasteiger partial charge in [0.2, 0.25) is 0 Å². The first-order valence-corrected chi connectivity index (χ1v) is 9.65. The van der Waals surface area contributed by atoms with Crippen molar-refractivity contribution in [2.75, 3.05) is 27.9 Å². The van der Waals surface area contributed by atoms with Gasteiger partial charge in [0, 0.05) is 28.3 Å². The Bertz CT molecular complexity index is 838. The quantitative estimate of drug-likeness (QED) is 0.477. The molecule has 0 spiro atoms. The van der Waals surface area contributed by atoms with Crippen LogP contribution in [-0.2, 0) is 4.74 Å². The molecule has 29 heavy (non-hydrogen) atoms. The minimum absolute atomic E-state index is 0. The second-order valence-corrected chi connectivity index (χ2v) is 8.04. The molecule has 160 valence electrons. The molecule has 0 bridgehead atoms. The summed E-state index contributed by atoms with van der Waals surface area (Å²) < 4.78 is 23.5. The predicted molar refractivity (Wildman–Crippen MR) is 127 cm³/mol. The number of hydrogen-bond acceptors (Lipinski definition) is 5. The van der Waals surface area contributed by atoms with E-state index in [4.69, 9.17) is 18.9 Å². The molecule has 2 aromatic carbocycles. The van der Waals surface area contributed by atoms with Crippen molar-refractivity contribution in [1.29, 1.82) is 0 Å². The third kappa shape index (κ3) is 4.81. The molecule has 1 aliphatic heterocycles. The summed E-state index contributed by atoms with van der Waals surface area (Å²) in [6.07, 6.45) is -0.107. The highest BCUT2D eigenvalue weighted by atomic mass is 127. The van der Waals surface area contributed by atoms with E-state index in [9.17, 15) is 0 Å². The lowest BCUT2D eigenvalue weighted by Crippen LogP contribution is -2.38. The van der Waals surface area contributed by atoms with Gasteiger partial charge >= 0.3 is 0 Å². The molecule has 0 radical (unpaired) electrons. The Morgan fingerprint density at radius 3 is 2.34 bits per heavy atom. The van der Waals surface area contributed by atoms with E-state index in [0.717, 1.165) is 33.9 Å². The van der Waals surface area contributed by atoms with Crippen LogP contribution in [0, 0.1) is 0 Å². The van der Waals surface area contributed by atoms with Gasteiger partial charge in [0.15, 0.2) is 0 Å². The smallest absolute Gasteiger partial charge is 0.137 e. The molecule has 0 amide bonds. The fourth-order valence-electron chi connectivity index (χ4n) is 3.51. The van der Waals surface area contributed by atoms with Gasteiger partial charge in [0.25, 0.3) is 0 Å². The van der Waals surface area contributed by atoms with Crippen molar-refractivity contribution in [2.24, 2.45) is 0 Å². The van der Waals surface area contributed by atoms with Crippen molar-refractivity contribution >= 4 is 24.0 Å². The van der Waals surface area contributed by atoms with E-state index in [1.807, 2.05) is 44.2 Å². The number of likely N-dealkylation sites (N-methyl/N-ethyl adjacent to an activating group) is 1. The molecule has 1 unspecified atom stereocenters. The maximum absolute atomic E-state index is 6.21. The van der Waals surface area contributed by atoms with E-state index in [1.165, 1.54) is 0 Å². The summed E-state index contributed by atoms with van der Waals surface area (Å²) in [4.78, 5) is 2.26. The fraction of sp³-hybridized carbons (Fsp3) is 0.478. The summed E-state index contributed by atoms with van der Waals surface area (Å²) in [7, 11) is 5.42. The summed E-state index contributed by atoms with van der Waals surface area (Å²) in [6, 6.07) is 12.0. The third-order valence-electron chi connectivity index (χ3n) is 5.27. The summed E-state index contributed by atoms with van der Waals surface area (Å²) >= 11 is 0. The van der Waals surface area contributed by atoms with Crippen LogP contribution in [0.5, 0.6) is 17.2 Å². The van der Waals surface area contributed by atoms with Gasteiger partial charge in [-0.2, -0.15) is 0 Å². The Morgan fingerprint density at radius 1 is 1.07 bits per heavy atom. The molecular weight excluding hydrogens is 481 g/mol. The van der Waals surface area contributed by atoms with Gasteiger partial charge in [0.05, 0.1) is 26.9 Å². The van der Waals surface area contributed by atoms with Crippen LogP contribution >= 0.6 is 24.0 Å². The Hall–Kier alpha value is -1.51. The lowest BCUT2D eigenvalue weighted by Gasteiger charge is -2.31. The number of methoxy groups -OCH3 is 2. The topological polar surface area (TPSA) is 40.2 Å². The first kappa shape index (κ1) is 23.8. The minimum atomic E-state index is -0.160. The highest BCUT2D eigenvalue weighted by Gasteiger charge is 2.40. The number of hydrogen-bond donors (Lipinski definition) is 0. The Labute approximate surface area is 191 Å². The average molecular weight is 513 g/mol. The monoisotopic (exact) mass is 513 g/mol. The molecule has 1 saturated heterocycles. The second-order valence-electron chi connectivity index (χ2n) is 8.04. The van der Waals surface area contributed by atoms with E-state index >= 15 is 0 Å². The Balaban J connectivity index is 0.00000300. The van der Waals surface area contributed by atoms with Gasteiger partial charge in [0.1, 0.15) is 23.5 Å². The van der Waals surface area contributed by atoms with Crippen LogP contribution in [0.4, 0.5) is 0 Å². The van der Waals surface area contributed by atoms with Crippen LogP contribution < -0.4 is 14.2 Å². The van der Waals surface area contributed by atoms with Crippen LogP contribution in [-0.4, -0.2) is 44.4 Å². The lowest BCUT2D eigenvalue weighted by molar-refractivity contribution is 0.0401.